The van der Waals surface area contributed by atoms with E-state index in [0.29, 0.717) is 5.56 Å². The van der Waals surface area contributed by atoms with Crippen molar-refractivity contribution >= 4 is 39.2 Å². The van der Waals surface area contributed by atoms with E-state index < -0.39 is 0 Å². The second-order valence-electron chi connectivity index (χ2n) is 4.97. The van der Waals surface area contributed by atoms with Crippen LogP contribution in [0.15, 0.2) is 48.5 Å². The number of amides is 1. The van der Waals surface area contributed by atoms with Gasteiger partial charge in [0.2, 0.25) is 5.91 Å². The number of aromatic nitrogens is 1. The second-order valence-corrected chi connectivity index (χ2v) is 6.21. The molecule has 1 aromatic heterocycles. The molecule has 0 aliphatic rings. The summed E-state index contributed by atoms with van der Waals surface area (Å²) in [5.74, 6) is -0.199. The summed E-state index contributed by atoms with van der Waals surface area (Å²) in [6.45, 7) is 1.96. The highest BCUT2D eigenvalue weighted by Gasteiger charge is 2.03. The molecule has 2 aromatic carbocycles. The number of nitriles is 1. The predicted octanol–water partition coefficient (Wildman–Crippen LogP) is 4.13. The van der Waals surface area contributed by atoms with E-state index >= 15 is 0 Å². The fourth-order valence-corrected chi connectivity index (χ4v) is 3.01. The van der Waals surface area contributed by atoms with E-state index in [4.69, 9.17) is 5.26 Å². The molecule has 1 heterocycles. The minimum Gasteiger partial charge on any atom is -0.322 e. The van der Waals surface area contributed by atoms with E-state index in [1.165, 1.54) is 6.08 Å². The molecule has 1 N–H and O–H groups in total. The first kappa shape index (κ1) is 14.9. The average Bonchev–Trinajstić information content (AvgIpc) is 2.92. The summed E-state index contributed by atoms with van der Waals surface area (Å²) in [7, 11) is 0. The van der Waals surface area contributed by atoms with Crippen LogP contribution >= 0.6 is 11.3 Å². The molecule has 0 spiro atoms. The lowest BCUT2D eigenvalue weighted by atomic mass is 10.1. The van der Waals surface area contributed by atoms with E-state index in [-0.39, 0.29) is 5.91 Å². The Morgan fingerprint density at radius 2 is 2.04 bits per heavy atom. The summed E-state index contributed by atoms with van der Waals surface area (Å²) in [6, 6.07) is 14.8. The molecule has 1 amide bonds. The molecule has 0 atom stereocenters. The van der Waals surface area contributed by atoms with Crippen molar-refractivity contribution in [3.05, 3.63) is 64.7 Å². The summed E-state index contributed by atoms with van der Waals surface area (Å²) >= 11 is 1.60. The number of fused-ring (bicyclic) bond motifs is 1. The van der Waals surface area contributed by atoms with E-state index in [9.17, 15) is 4.79 Å². The van der Waals surface area contributed by atoms with Crippen LogP contribution in [0.5, 0.6) is 0 Å². The molecule has 0 unspecified atom stereocenters. The van der Waals surface area contributed by atoms with Gasteiger partial charge in [-0.1, -0.05) is 12.1 Å². The van der Waals surface area contributed by atoms with Gasteiger partial charge in [0.05, 0.1) is 26.9 Å². The van der Waals surface area contributed by atoms with Crippen LogP contribution in [0.4, 0.5) is 5.69 Å². The molecule has 4 nitrogen and oxygen atoms in total. The number of carbonyl (C=O) groups excluding carboxylic acids is 1. The number of anilines is 1. The molecule has 112 valence electrons. The van der Waals surface area contributed by atoms with Crippen molar-refractivity contribution < 1.29 is 4.79 Å². The second kappa shape index (κ2) is 6.42. The van der Waals surface area contributed by atoms with Gasteiger partial charge in [0.15, 0.2) is 0 Å². The quantitative estimate of drug-likeness (QED) is 0.738. The first-order chi connectivity index (χ1) is 11.1. The van der Waals surface area contributed by atoms with Crippen LogP contribution in [0.3, 0.4) is 0 Å². The third-order valence-corrected chi connectivity index (χ3v) is 4.16. The minimum absolute atomic E-state index is 0.199. The van der Waals surface area contributed by atoms with Crippen LogP contribution in [-0.4, -0.2) is 10.9 Å². The zero-order valence-electron chi connectivity index (χ0n) is 12.4. The Bertz CT molecular complexity index is 933. The fraction of sp³-hybridized carbons (Fsp3) is 0.0556. The van der Waals surface area contributed by atoms with Crippen molar-refractivity contribution in [3.8, 4) is 6.07 Å². The molecule has 3 rings (SSSR count). The smallest absolute Gasteiger partial charge is 0.248 e. The average molecular weight is 319 g/mol. The Morgan fingerprint density at radius 3 is 2.78 bits per heavy atom. The Morgan fingerprint density at radius 1 is 1.26 bits per heavy atom. The molecule has 3 aromatic rings. The zero-order chi connectivity index (χ0) is 16.2. The molecule has 0 aliphatic carbocycles. The van der Waals surface area contributed by atoms with E-state index in [0.717, 1.165) is 26.5 Å². The van der Waals surface area contributed by atoms with Crippen molar-refractivity contribution in [1.82, 2.24) is 4.98 Å². The van der Waals surface area contributed by atoms with Gasteiger partial charge in [0, 0.05) is 11.8 Å². The summed E-state index contributed by atoms with van der Waals surface area (Å²) in [5, 5.41) is 12.6. The van der Waals surface area contributed by atoms with Gasteiger partial charge in [-0.2, -0.15) is 5.26 Å². The Balaban J connectivity index is 1.69. The maximum absolute atomic E-state index is 12.0. The standard InChI is InChI=1S/C18H13N3OS/c1-12-20-16-8-7-15(10-17(16)23-12)21-18(22)9-6-13-2-4-14(11-19)5-3-13/h2-10H,1H3,(H,21,22)/b9-6+. The lowest BCUT2D eigenvalue weighted by Gasteiger charge is -2.01. The summed E-state index contributed by atoms with van der Waals surface area (Å²) in [5.41, 5.74) is 3.15. The Hall–Kier alpha value is -2.97. The highest BCUT2D eigenvalue weighted by Crippen LogP contribution is 2.24. The van der Waals surface area contributed by atoms with Gasteiger partial charge in [0.25, 0.3) is 0 Å². The summed E-state index contributed by atoms with van der Waals surface area (Å²) in [4.78, 5) is 16.4. The van der Waals surface area contributed by atoms with Crippen LogP contribution in [0.1, 0.15) is 16.1 Å². The van der Waals surface area contributed by atoms with Crippen LogP contribution < -0.4 is 5.32 Å². The molecule has 0 radical (unpaired) electrons. The Kier molecular flexibility index (Phi) is 4.18. The van der Waals surface area contributed by atoms with Crippen LogP contribution in [0.2, 0.25) is 0 Å². The number of thiazole rings is 1. The molecule has 23 heavy (non-hydrogen) atoms. The number of nitrogens with zero attached hydrogens (tertiary/aromatic N) is 2. The van der Waals surface area contributed by atoms with Gasteiger partial charge < -0.3 is 5.32 Å². The summed E-state index contributed by atoms with van der Waals surface area (Å²) in [6.07, 6.45) is 3.19. The number of rotatable bonds is 3. The van der Waals surface area contributed by atoms with E-state index in [1.807, 2.05) is 25.1 Å². The highest BCUT2D eigenvalue weighted by atomic mass is 32.1. The molecular weight excluding hydrogens is 306 g/mol. The maximum Gasteiger partial charge on any atom is 0.248 e. The van der Waals surface area contributed by atoms with Gasteiger partial charge in [-0.25, -0.2) is 4.98 Å². The number of hydrogen-bond acceptors (Lipinski definition) is 4. The number of nitrogens with one attached hydrogen (secondary N) is 1. The SMILES string of the molecule is Cc1nc2ccc(NC(=O)/C=C/c3ccc(C#N)cc3)cc2s1. The van der Waals surface area contributed by atoms with Gasteiger partial charge in [-0.3, -0.25) is 4.79 Å². The van der Waals surface area contributed by atoms with Crippen molar-refractivity contribution in [3.63, 3.8) is 0 Å². The lowest BCUT2D eigenvalue weighted by Crippen LogP contribution is -2.07. The normalized spacial score (nSPS) is 10.8. The van der Waals surface area contributed by atoms with Crippen molar-refractivity contribution in [2.45, 2.75) is 6.92 Å². The van der Waals surface area contributed by atoms with E-state index in [1.54, 1.807) is 41.7 Å². The van der Waals surface area contributed by atoms with Gasteiger partial charge in [0.1, 0.15) is 0 Å². The number of hydrogen-bond donors (Lipinski definition) is 1. The third kappa shape index (κ3) is 3.62. The maximum atomic E-state index is 12.0. The zero-order valence-corrected chi connectivity index (χ0v) is 13.2. The van der Waals surface area contributed by atoms with Crippen LogP contribution in [0.25, 0.3) is 16.3 Å². The highest BCUT2D eigenvalue weighted by molar-refractivity contribution is 7.18. The minimum atomic E-state index is -0.199. The predicted molar refractivity (Wildman–Crippen MR) is 93.2 cm³/mol. The van der Waals surface area contributed by atoms with Gasteiger partial charge >= 0.3 is 0 Å². The summed E-state index contributed by atoms with van der Waals surface area (Å²) < 4.78 is 1.05. The molecule has 0 saturated heterocycles. The van der Waals surface area contributed by atoms with E-state index in [2.05, 4.69) is 16.4 Å². The first-order valence-electron chi connectivity index (χ1n) is 7.00. The number of carbonyl (C=O) groups is 1. The Labute approximate surface area is 137 Å². The topological polar surface area (TPSA) is 65.8 Å². The van der Waals surface area contributed by atoms with Gasteiger partial charge in [-0.15, -0.1) is 11.3 Å². The van der Waals surface area contributed by atoms with Gasteiger partial charge in [-0.05, 0) is 48.9 Å². The molecular formula is C18H13N3OS. The molecule has 0 saturated carbocycles. The molecule has 0 bridgehead atoms. The molecule has 0 aliphatic heterocycles. The fourth-order valence-electron chi connectivity index (χ4n) is 2.14. The monoisotopic (exact) mass is 319 g/mol. The van der Waals surface area contributed by atoms with Crippen molar-refractivity contribution in [2.24, 2.45) is 0 Å². The largest absolute Gasteiger partial charge is 0.322 e. The molecule has 5 heteroatoms. The number of benzene rings is 2. The molecule has 0 fully saturated rings. The van der Waals surface area contributed by atoms with Crippen molar-refractivity contribution in [2.75, 3.05) is 5.32 Å². The third-order valence-electron chi connectivity index (χ3n) is 3.23. The first-order valence-corrected chi connectivity index (χ1v) is 7.82. The van der Waals surface area contributed by atoms with Crippen LogP contribution in [0, 0.1) is 18.3 Å². The van der Waals surface area contributed by atoms with Crippen molar-refractivity contribution in [1.29, 1.82) is 5.26 Å². The van der Waals surface area contributed by atoms with Crippen LogP contribution in [-0.2, 0) is 4.79 Å². The number of aryl methyl sites for hydroxylation is 1. The lowest BCUT2D eigenvalue weighted by molar-refractivity contribution is -0.111.